The van der Waals surface area contributed by atoms with Crippen LogP contribution in [-0.2, 0) is 14.3 Å². The molecule has 7 N–H and O–H groups in total. The fourth-order valence-corrected chi connectivity index (χ4v) is 1.94. The van der Waals surface area contributed by atoms with Crippen LogP contribution in [0.2, 0.25) is 0 Å². The zero-order chi connectivity index (χ0) is 13.7. The molecule has 1 heterocycles. The van der Waals surface area contributed by atoms with E-state index in [1.165, 1.54) is 0 Å². The van der Waals surface area contributed by atoms with Crippen molar-refractivity contribution in [2.45, 2.75) is 31.0 Å². The molecule has 0 radical (unpaired) electrons. The molecule has 0 unspecified atom stereocenters. The van der Waals surface area contributed by atoms with Gasteiger partial charge in [-0.25, -0.2) is 0 Å². The van der Waals surface area contributed by atoms with Crippen molar-refractivity contribution in [3.05, 3.63) is 0 Å². The highest BCUT2D eigenvalue weighted by Gasteiger charge is 2.45. The van der Waals surface area contributed by atoms with Crippen LogP contribution in [0.4, 0.5) is 0 Å². The van der Waals surface area contributed by atoms with E-state index in [0.29, 0.717) is 0 Å². The monoisotopic (exact) mass is 264 g/mol. The van der Waals surface area contributed by atoms with Crippen LogP contribution in [0.5, 0.6) is 0 Å². The molecule has 8 nitrogen and oxygen atoms in total. The van der Waals surface area contributed by atoms with Gasteiger partial charge in [0.25, 0.3) is 0 Å². The maximum absolute atomic E-state index is 10.9. The summed E-state index contributed by atoms with van der Waals surface area (Å²) in [6.07, 6.45) is -4.64. The Morgan fingerprint density at radius 2 is 2.00 bits per heavy atom. The summed E-state index contributed by atoms with van der Waals surface area (Å²) in [7, 11) is 0. The molecule has 0 aromatic rings. The molecule has 8 heteroatoms. The Morgan fingerprint density at radius 3 is 2.50 bits per heavy atom. The van der Waals surface area contributed by atoms with Gasteiger partial charge < -0.3 is 36.3 Å². The van der Waals surface area contributed by atoms with Gasteiger partial charge in [0.1, 0.15) is 12.2 Å². The van der Waals surface area contributed by atoms with E-state index < -0.39 is 43.0 Å². The predicted octanol–water partition coefficient (Wildman–Crippen LogP) is -3.11. The third-order valence-electron chi connectivity index (χ3n) is 2.84. The Hall–Kier alpha value is -0.770. The van der Waals surface area contributed by atoms with Crippen molar-refractivity contribution in [1.29, 1.82) is 0 Å². The van der Waals surface area contributed by atoms with Gasteiger partial charge in [-0.2, -0.15) is 0 Å². The second kappa shape index (κ2) is 6.98. The number of rotatable bonds is 6. The minimum atomic E-state index is -1.29. The quantitative estimate of drug-likeness (QED) is 0.341. The molecule has 1 rings (SSSR count). The van der Waals surface area contributed by atoms with Crippen LogP contribution < -0.4 is 11.5 Å². The molecule has 1 aliphatic rings. The number of aliphatic hydroxyl groups is 3. The fourth-order valence-electron chi connectivity index (χ4n) is 1.94. The van der Waals surface area contributed by atoms with Gasteiger partial charge in [0.15, 0.2) is 6.29 Å². The van der Waals surface area contributed by atoms with Crippen molar-refractivity contribution < 1.29 is 29.6 Å². The second-order valence-corrected chi connectivity index (χ2v) is 4.20. The molecular formula is C10H20N2O6. The zero-order valence-electron chi connectivity index (χ0n) is 9.94. The first-order chi connectivity index (χ1) is 8.51. The minimum absolute atomic E-state index is 0.168. The molecular weight excluding hydrogens is 244 g/mol. The SMILES string of the molecule is NCCO[C@H]1O[C@H](CO)[C@@H](O)[C@H](O)[C@@H]1CC(N)=O. The fraction of sp³-hybridized carbons (Fsp3) is 0.900. The molecule has 0 bridgehead atoms. The van der Waals surface area contributed by atoms with Crippen LogP contribution in [0.15, 0.2) is 0 Å². The molecule has 0 aromatic heterocycles. The Balaban J connectivity index is 2.76. The van der Waals surface area contributed by atoms with E-state index >= 15 is 0 Å². The Kier molecular flexibility index (Phi) is 5.93. The van der Waals surface area contributed by atoms with Crippen molar-refractivity contribution >= 4 is 5.91 Å². The molecule has 1 saturated heterocycles. The van der Waals surface area contributed by atoms with E-state index in [1.807, 2.05) is 0 Å². The topological polar surface area (TPSA) is 148 Å². The standard InChI is InChI=1S/C10H20N2O6/c11-1-2-17-10-5(3-7(12)14)8(15)9(16)6(4-13)18-10/h5-6,8-10,13,15-16H,1-4,11H2,(H2,12,14)/t5-,6+,8+,9+,10-/m0/s1. The van der Waals surface area contributed by atoms with Gasteiger partial charge in [-0.05, 0) is 0 Å². The lowest BCUT2D eigenvalue weighted by molar-refractivity contribution is -0.284. The van der Waals surface area contributed by atoms with E-state index in [-0.39, 0.29) is 19.6 Å². The lowest BCUT2D eigenvalue weighted by Gasteiger charge is -2.41. The normalized spacial score (nSPS) is 36.6. The van der Waals surface area contributed by atoms with Gasteiger partial charge in [-0.1, -0.05) is 0 Å². The molecule has 0 saturated carbocycles. The van der Waals surface area contributed by atoms with Gasteiger partial charge in [0.05, 0.1) is 19.3 Å². The van der Waals surface area contributed by atoms with E-state index in [4.69, 9.17) is 26.0 Å². The molecule has 0 aromatic carbocycles. The van der Waals surface area contributed by atoms with Crippen molar-refractivity contribution in [3.8, 4) is 0 Å². The first kappa shape index (κ1) is 15.3. The van der Waals surface area contributed by atoms with Gasteiger partial charge in [0, 0.05) is 18.9 Å². The summed E-state index contributed by atoms with van der Waals surface area (Å²) in [5, 5.41) is 28.6. The molecule has 5 atom stereocenters. The highest BCUT2D eigenvalue weighted by atomic mass is 16.7. The highest BCUT2D eigenvalue weighted by Crippen LogP contribution is 2.29. The first-order valence-electron chi connectivity index (χ1n) is 5.73. The summed E-state index contributed by atoms with van der Waals surface area (Å²) in [5.41, 5.74) is 10.4. The molecule has 1 amide bonds. The maximum atomic E-state index is 10.9. The van der Waals surface area contributed by atoms with Crippen molar-refractivity contribution in [3.63, 3.8) is 0 Å². The number of primary amides is 1. The third-order valence-corrected chi connectivity index (χ3v) is 2.84. The number of amides is 1. The summed E-state index contributed by atoms with van der Waals surface area (Å²) in [4.78, 5) is 10.9. The van der Waals surface area contributed by atoms with Gasteiger partial charge in [0.2, 0.25) is 5.91 Å². The number of carbonyl (C=O) groups excluding carboxylic acids is 1. The van der Waals surface area contributed by atoms with Crippen LogP contribution in [0.1, 0.15) is 6.42 Å². The van der Waals surface area contributed by atoms with E-state index in [1.54, 1.807) is 0 Å². The lowest BCUT2D eigenvalue weighted by Crippen LogP contribution is -2.57. The molecule has 1 fully saturated rings. The number of ether oxygens (including phenoxy) is 2. The smallest absolute Gasteiger partial charge is 0.217 e. The maximum Gasteiger partial charge on any atom is 0.217 e. The summed E-state index contributed by atoms with van der Waals surface area (Å²) >= 11 is 0. The summed E-state index contributed by atoms with van der Waals surface area (Å²) in [5.74, 6) is -1.43. The van der Waals surface area contributed by atoms with Crippen LogP contribution in [0.3, 0.4) is 0 Å². The lowest BCUT2D eigenvalue weighted by atomic mass is 9.88. The van der Waals surface area contributed by atoms with Crippen molar-refractivity contribution in [2.24, 2.45) is 17.4 Å². The number of hydrogen-bond donors (Lipinski definition) is 5. The van der Waals surface area contributed by atoms with E-state index in [9.17, 15) is 15.0 Å². The molecule has 0 aliphatic carbocycles. The van der Waals surface area contributed by atoms with E-state index in [2.05, 4.69) is 0 Å². The largest absolute Gasteiger partial charge is 0.394 e. The minimum Gasteiger partial charge on any atom is -0.394 e. The Morgan fingerprint density at radius 1 is 1.33 bits per heavy atom. The number of nitrogens with two attached hydrogens (primary N) is 2. The second-order valence-electron chi connectivity index (χ2n) is 4.20. The highest BCUT2D eigenvalue weighted by molar-refractivity contribution is 5.74. The van der Waals surface area contributed by atoms with Crippen molar-refractivity contribution in [2.75, 3.05) is 19.8 Å². The van der Waals surface area contributed by atoms with Crippen molar-refractivity contribution in [1.82, 2.24) is 0 Å². The number of carbonyl (C=O) groups is 1. The van der Waals surface area contributed by atoms with Crippen LogP contribution >= 0.6 is 0 Å². The molecule has 18 heavy (non-hydrogen) atoms. The van der Waals surface area contributed by atoms with Crippen LogP contribution in [-0.4, -0.2) is 65.6 Å². The first-order valence-corrected chi connectivity index (χ1v) is 5.73. The van der Waals surface area contributed by atoms with Gasteiger partial charge in [-0.3, -0.25) is 4.79 Å². The third kappa shape index (κ3) is 3.61. The van der Waals surface area contributed by atoms with Crippen LogP contribution in [0, 0.1) is 5.92 Å². The summed E-state index contributed by atoms with van der Waals surface area (Å²) < 4.78 is 10.5. The average molecular weight is 264 g/mol. The summed E-state index contributed by atoms with van der Waals surface area (Å²) in [6, 6.07) is 0. The average Bonchev–Trinajstić information content (AvgIpc) is 2.33. The molecule has 0 spiro atoms. The summed E-state index contributed by atoms with van der Waals surface area (Å²) in [6.45, 7) is -0.0590. The van der Waals surface area contributed by atoms with Gasteiger partial charge in [-0.15, -0.1) is 0 Å². The zero-order valence-corrected chi connectivity index (χ0v) is 9.94. The number of aliphatic hydroxyl groups excluding tert-OH is 3. The number of hydrogen-bond acceptors (Lipinski definition) is 7. The Labute approximate surface area is 104 Å². The Bertz CT molecular complexity index is 277. The van der Waals surface area contributed by atoms with Gasteiger partial charge >= 0.3 is 0 Å². The predicted molar refractivity (Wildman–Crippen MR) is 60.1 cm³/mol. The van der Waals surface area contributed by atoms with Crippen LogP contribution in [0.25, 0.3) is 0 Å². The molecule has 106 valence electrons. The molecule has 1 aliphatic heterocycles. The van der Waals surface area contributed by atoms with E-state index in [0.717, 1.165) is 0 Å².